The Morgan fingerprint density at radius 1 is 1.15 bits per heavy atom. The van der Waals surface area contributed by atoms with E-state index < -0.39 is 0 Å². The molecule has 0 aromatic carbocycles. The summed E-state index contributed by atoms with van der Waals surface area (Å²) in [7, 11) is 0. The molecule has 0 amide bonds. The minimum atomic E-state index is 0.194. The van der Waals surface area contributed by atoms with Gasteiger partial charge in [0.1, 0.15) is 0 Å². The third kappa shape index (κ3) is 2.83. The summed E-state index contributed by atoms with van der Waals surface area (Å²) < 4.78 is 0. The van der Waals surface area contributed by atoms with Gasteiger partial charge in [0.2, 0.25) is 5.95 Å². The van der Waals surface area contributed by atoms with Crippen LogP contribution in [0.15, 0.2) is 54.3 Å². The van der Waals surface area contributed by atoms with Crippen molar-refractivity contribution in [2.75, 3.05) is 5.32 Å². The summed E-state index contributed by atoms with van der Waals surface area (Å²) in [5.74, 6) is 0.632. The fourth-order valence-corrected chi connectivity index (χ4v) is 2.64. The second-order valence-electron chi connectivity index (χ2n) is 4.39. The molecule has 1 atom stereocenters. The molecule has 4 nitrogen and oxygen atoms in total. The SMILES string of the molecule is C[C@@H](Nc1nccc(-c2cccnc2)n1)c1cccs1. The Bertz CT molecular complexity index is 667. The average Bonchev–Trinajstić information content (AvgIpc) is 3.03. The molecule has 0 aliphatic heterocycles. The third-order valence-electron chi connectivity index (χ3n) is 2.93. The van der Waals surface area contributed by atoms with E-state index in [9.17, 15) is 0 Å². The number of nitrogens with zero attached hydrogens (tertiary/aromatic N) is 3. The lowest BCUT2D eigenvalue weighted by Gasteiger charge is -2.12. The molecule has 3 aromatic heterocycles. The molecule has 0 bridgehead atoms. The van der Waals surface area contributed by atoms with Gasteiger partial charge in [-0.15, -0.1) is 11.3 Å². The van der Waals surface area contributed by atoms with Crippen LogP contribution in [0.25, 0.3) is 11.3 Å². The quantitative estimate of drug-likeness (QED) is 0.791. The van der Waals surface area contributed by atoms with Crippen molar-refractivity contribution >= 4 is 17.3 Å². The Labute approximate surface area is 121 Å². The maximum atomic E-state index is 4.54. The number of hydrogen-bond acceptors (Lipinski definition) is 5. The second-order valence-corrected chi connectivity index (χ2v) is 5.37. The smallest absolute Gasteiger partial charge is 0.223 e. The Morgan fingerprint density at radius 3 is 2.85 bits per heavy atom. The number of aromatic nitrogens is 3. The van der Waals surface area contributed by atoms with Crippen molar-refractivity contribution in [3.8, 4) is 11.3 Å². The van der Waals surface area contributed by atoms with Crippen LogP contribution >= 0.6 is 11.3 Å². The minimum absolute atomic E-state index is 0.194. The predicted molar refractivity (Wildman–Crippen MR) is 81.6 cm³/mol. The van der Waals surface area contributed by atoms with Gasteiger partial charge in [0.25, 0.3) is 0 Å². The molecule has 100 valence electrons. The lowest BCUT2D eigenvalue weighted by Crippen LogP contribution is -2.08. The van der Waals surface area contributed by atoms with Crippen molar-refractivity contribution in [3.63, 3.8) is 0 Å². The van der Waals surface area contributed by atoms with Gasteiger partial charge in [-0.25, -0.2) is 9.97 Å². The number of hydrogen-bond donors (Lipinski definition) is 1. The maximum Gasteiger partial charge on any atom is 0.223 e. The zero-order chi connectivity index (χ0) is 13.8. The highest BCUT2D eigenvalue weighted by Gasteiger charge is 2.08. The molecule has 20 heavy (non-hydrogen) atoms. The number of nitrogens with one attached hydrogen (secondary N) is 1. The molecule has 0 aliphatic rings. The topological polar surface area (TPSA) is 50.7 Å². The van der Waals surface area contributed by atoms with Crippen LogP contribution < -0.4 is 5.32 Å². The molecule has 1 N–H and O–H groups in total. The van der Waals surface area contributed by atoms with Gasteiger partial charge in [-0.3, -0.25) is 4.98 Å². The molecule has 0 radical (unpaired) electrons. The zero-order valence-electron chi connectivity index (χ0n) is 11.0. The Kier molecular flexibility index (Phi) is 3.69. The van der Waals surface area contributed by atoms with Gasteiger partial charge in [-0.1, -0.05) is 6.07 Å². The van der Waals surface area contributed by atoms with E-state index in [0.717, 1.165) is 11.3 Å². The molecule has 3 rings (SSSR count). The zero-order valence-corrected chi connectivity index (χ0v) is 11.8. The number of anilines is 1. The van der Waals surface area contributed by atoms with E-state index >= 15 is 0 Å². The molecule has 0 fully saturated rings. The van der Waals surface area contributed by atoms with Gasteiger partial charge in [0.05, 0.1) is 11.7 Å². The van der Waals surface area contributed by atoms with Crippen LogP contribution in [0.5, 0.6) is 0 Å². The van der Waals surface area contributed by atoms with Gasteiger partial charge in [0.15, 0.2) is 0 Å². The molecular formula is C15H14N4S. The van der Waals surface area contributed by atoms with E-state index in [-0.39, 0.29) is 6.04 Å². The molecule has 0 unspecified atom stereocenters. The fourth-order valence-electron chi connectivity index (χ4n) is 1.91. The van der Waals surface area contributed by atoms with E-state index in [1.807, 2.05) is 24.3 Å². The average molecular weight is 282 g/mol. The van der Waals surface area contributed by atoms with E-state index in [1.54, 1.807) is 29.9 Å². The van der Waals surface area contributed by atoms with Crippen molar-refractivity contribution in [1.29, 1.82) is 0 Å². The third-order valence-corrected chi connectivity index (χ3v) is 3.98. The maximum absolute atomic E-state index is 4.54. The van der Waals surface area contributed by atoms with Crippen LogP contribution in [-0.2, 0) is 0 Å². The number of pyridine rings is 1. The van der Waals surface area contributed by atoms with E-state index in [4.69, 9.17) is 0 Å². The van der Waals surface area contributed by atoms with Crippen molar-refractivity contribution in [1.82, 2.24) is 15.0 Å². The Hall–Kier alpha value is -2.27. The molecule has 0 saturated carbocycles. The summed E-state index contributed by atoms with van der Waals surface area (Å²) in [4.78, 5) is 14.2. The predicted octanol–water partition coefficient (Wildman–Crippen LogP) is 3.77. The molecule has 5 heteroatoms. The highest BCUT2D eigenvalue weighted by atomic mass is 32.1. The summed E-state index contributed by atoms with van der Waals surface area (Å²) in [6, 6.07) is 10.1. The Balaban J connectivity index is 1.81. The summed E-state index contributed by atoms with van der Waals surface area (Å²) in [5, 5.41) is 5.39. The van der Waals surface area contributed by atoms with Crippen molar-refractivity contribution in [2.45, 2.75) is 13.0 Å². The fraction of sp³-hybridized carbons (Fsp3) is 0.133. The van der Waals surface area contributed by atoms with Crippen LogP contribution in [0.1, 0.15) is 17.8 Å². The van der Waals surface area contributed by atoms with Gasteiger partial charge < -0.3 is 5.32 Å². The largest absolute Gasteiger partial charge is 0.347 e. The Morgan fingerprint density at radius 2 is 2.10 bits per heavy atom. The molecule has 0 spiro atoms. The van der Waals surface area contributed by atoms with E-state index in [0.29, 0.717) is 5.95 Å². The number of thiophene rings is 1. The molecular weight excluding hydrogens is 268 g/mol. The monoisotopic (exact) mass is 282 g/mol. The summed E-state index contributed by atoms with van der Waals surface area (Å²) in [5.41, 5.74) is 1.86. The second kappa shape index (κ2) is 5.79. The summed E-state index contributed by atoms with van der Waals surface area (Å²) in [6.07, 6.45) is 5.32. The van der Waals surface area contributed by atoms with Crippen LogP contribution in [-0.4, -0.2) is 15.0 Å². The first-order chi connectivity index (χ1) is 9.83. The highest BCUT2D eigenvalue weighted by molar-refractivity contribution is 7.10. The van der Waals surface area contributed by atoms with Crippen LogP contribution in [0.2, 0.25) is 0 Å². The van der Waals surface area contributed by atoms with Crippen LogP contribution in [0, 0.1) is 0 Å². The molecule has 3 heterocycles. The van der Waals surface area contributed by atoms with Gasteiger partial charge in [-0.05, 0) is 36.6 Å². The van der Waals surface area contributed by atoms with Gasteiger partial charge >= 0.3 is 0 Å². The van der Waals surface area contributed by atoms with Gasteiger partial charge in [0, 0.05) is 29.0 Å². The van der Waals surface area contributed by atoms with E-state index in [1.165, 1.54) is 4.88 Å². The normalized spacial score (nSPS) is 12.1. The summed E-state index contributed by atoms with van der Waals surface area (Å²) in [6.45, 7) is 2.10. The van der Waals surface area contributed by atoms with Crippen molar-refractivity contribution in [2.24, 2.45) is 0 Å². The molecule has 0 saturated heterocycles. The first-order valence-corrected chi connectivity index (χ1v) is 7.24. The van der Waals surface area contributed by atoms with Gasteiger partial charge in [-0.2, -0.15) is 0 Å². The van der Waals surface area contributed by atoms with Crippen molar-refractivity contribution < 1.29 is 0 Å². The first kappa shape index (κ1) is 12.7. The van der Waals surface area contributed by atoms with E-state index in [2.05, 4.69) is 38.6 Å². The first-order valence-electron chi connectivity index (χ1n) is 6.36. The minimum Gasteiger partial charge on any atom is -0.347 e. The number of rotatable bonds is 4. The van der Waals surface area contributed by atoms with Crippen molar-refractivity contribution in [3.05, 3.63) is 59.2 Å². The van der Waals surface area contributed by atoms with Crippen LogP contribution in [0.4, 0.5) is 5.95 Å². The highest BCUT2D eigenvalue weighted by Crippen LogP contribution is 2.22. The lowest BCUT2D eigenvalue weighted by molar-refractivity contribution is 0.881. The lowest BCUT2D eigenvalue weighted by atomic mass is 10.2. The summed E-state index contributed by atoms with van der Waals surface area (Å²) >= 11 is 1.72. The van der Waals surface area contributed by atoms with Crippen LogP contribution in [0.3, 0.4) is 0 Å². The molecule has 0 aliphatic carbocycles. The standard InChI is InChI=1S/C15H14N4S/c1-11(14-5-3-9-20-14)18-15-17-8-6-13(19-15)12-4-2-7-16-10-12/h2-11H,1H3,(H,17,18,19)/t11-/m1/s1. The molecule has 3 aromatic rings.